The van der Waals surface area contributed by atoms with Crippen molar-refractivity contribution in [3.63, 3.8) is 0 Å². The largest absolute Gasteiger partial charge is 0.362 e. The van der Waals surface area contributed by atoms with E-state index in [9.17, 15) is 4.79 Å². The van der Waals surface area contributed by atoms with Crippen molar-refractivity contribution in [2.75, 3.05) is 5.32 Å². The SMILES string of the molecule is Cc1nc(NCc2ncn(C)n2)cc(=O)[nH]1. The number of aromatic nitrogens is 5. The Hall–Kier alpha value is -2.18. The number of anilines is 1. The zero-order chi connectivity index (χ0) is 11.5. The van der Waals surface area contributed by atoms with Gasteiger partial charge in [0, 0.05) is 13.1 Å². The van der Waals surface area contributed by atoms with Gasteiger partial charge in [-0.25, -0.2) is 9.97 Å². The molecule has 0 amide bonds. The zero-order valence-corrected chi connectivity index (χ0v) is 9.06. The summed E-state index contributed by atoms with van der Waals surface area (Å²) in [6.07, 6.45) is 1.62. The highest BCUT2D eigenvalue weighted by Gasteiger charge is 2.00. The number of hydrogen-bond donors (Lipinski definition) is 2. The molecule has 2 heterocycles. The summed E-state index contributed by atoms with van der Waals surface area (Å²) in [4.78, 5) is 21.9. The Morgan fingerprint density at radius 1 is 1.56 bits per heavy atom. The number of nitrogens with one attached hydrogen (secondary N) is 2. The summed E-state index contributed by atoms with van der Waals surface area (Å²) in [7, 11) is 1.80. The third-order valence-electron chi connectivity index (χ3n) is 1.93. The van der Waals surface area contributed by atoms with E-state index in [1.165, 1.54) is 6.07 Å². The maximum atomic E-state index is 11.2. The van der Waals surface area contributed by atoms with E-state index < -0.39 is 0 Å². The maximum absolute atomic E-state index is 11.2. The van der Waals surface area contributed by atoms with Crippen molar-refractivity contribution >= 4 is 5.82 Å². The zero-order valence-electron chi connectivity index (χ0n) is 9.06. The lowest BCUT2D eigenvalue weighted by Gasteiger charge is -2.02. The van der Waals surface area contributed by atoms with E-state index >= 15 is 0 Å². The number of aryl methyl sites for hydroxylation is 2. The Labute approximate surface area is 91.6 Å². The van der Waals surface area contributed by atoms with E-state index in [0.717, 1.165) is 0 Å². The summed E-state index contributed by atoms with van der Waals surface area (Å²) in [5, 5.41) is 7.09. The van der Waals surface area contributed by atoms with Crippen LogP contribution in [0.3, 0.4) is 0 Å². The average Bonchev–Trinajstić information content (AvgIpc) is 2.60. The van der Waals surface area contributed by atoms with Crippen molar-refractivity contribution < 1.29 is 0 Å². The van der Waals surface area contributed by atoms with Gasteiger partial charge >= 0.3 is 0 Å². The van der Waals surface area contributed by atoms with E-state index in [4.69, 9.17) is 0 Å². The molecule has 0 aliphatic heterocycles. The van der Waals surface area contributed by atoms with Crippen LogP contribution < -0.4 is 10.9 Å². The Morgan fingerprint density at radius 2 is 2.38 bits per heavy atom. The molecular formula is C9H12N6O. The lowest BCUT2D eigenvalue weighted by Crippen LogP contribution is -2.12. The third-order valence-corrected chi connectivity index (χ3v) is 1.93. The molecule has 16 heavy (non-hydrogen) atoms. The van der Waals surface area contributed by atoms with Crippen molar-refractivity contribution in [2.24, 2.45) is 7.05 Å². The molecule has 0 bridgehead atoms. The molecule has 2 N–H and O–H groups in total. The standard InChI is InChI=1S/C9H12N6O/c1-6-12-7(3-9(16)13-6)10-4-8-11-5-15(2)14-8/h3,5H,4H2,1-2H3,(H2,10,12,13,16). The van der Waals surface area contributed by atoms with Gasteiger partial charge in [-0.3, -0.25) is 9.48 Å². The highest BCUT2D eigenvalue weighted by Crippen LogP contribution is 2.00. The van der Waals surface area contributed by atoms with Crippen LogP contribution in [0.15, 0.2) is 17.2 Å². The predicted molar refractivity (Wildman–Crippen MR) is 57.9 cm³/mol. The number of hydrogen-bond acceptors (Lipinski definition) is 5. The first-order valence-corrected chi connectivity index (χ1v) is 4.80. The van der Waals surface area contributed by atoms with Gasteiger partial charge in [-0.15, -0.1) is 0 Å². The van der Waals surface area contributed by atoms with Crippen LogP contribution >= 0.6 is 0 Å². The lowest BCUT2D eigenvalue weighted by atomic mass is 10.5. The molecule has 0 atom stereocenters. The van der Waals surface area contributed by atoms with Gasteiger partial charge in [0.15, 0.2) is 5.82 Å². The number of aromatic amines is 1. The molecule has 0 aromatic carbocycles. The number of H-pyrrole nitrogens is 1. The van der Waals surface area contributed by atoms with Crippen LogP contribution in [0.25, 0.3) is 0 Å². The molecule has 7 heteroatoms. The van der Waals surface area contributed by atoms with Crippen LogP contribution in [0.1, 0.15) is 11.6 Å². The number of rotatable bonds is 3. The summed E-state index contributed by atoms with van der Waals surface area (Å²) in [6.45, 7) is 2.17. The van der Waals surface area contributed by atoms with Gasteiger partial charge < -0.3 is 10.3 Å². The summed E-state index contributed by atoms with van der Waals surface area (Å²) >= 11 is 0. The molecule has 2 aromatic heterocycles. The van der Waals surface area contributed by atoms with Crippen molar-refractivity contribution in [1.29, 1.82) is 0 Å². The van der Waals surface area contributed by atoms with Gasteiger partial charge in [0.1, 0.15) is 18.0 Å². The van der Waals surface area contributed by atoms with Gasteiger partial charge in [0.2, 0.25) is 0 Å². The van der Waals surface area contributed by atoms with Crippen LogP contribution in [0.4, 0.5) is 5.82 Å². The van der Waals surface area contributed by atoms with Crippen LogP contribution in [0, 0.1) is 6.92 Å². The quantitative estimate of drug-likeness (QED) is 0.749. The molecule has 2 rings (SSSR count). The highest BCUT2D eigenvalue weighted by atomic mass is 16.1. The first kappa shape index (κ1) is 10.3. The van der Waals surface area contributed by atoms with Crippen molar-refractivity contribution in [2.45, 2.75) is 13.5 Å². The molecule has 0 spiro atoms. The lowest BCUT2D eigenvalue weighted by molar-refractivity contribution is 0.746. The first-order chi connectivity index (χ1) is 7.63. The van der Waals surface area contributed by atoms with Crippen LogP contribution in [-0.2, 0) is 13.6 Å². The van der Waals surface area contributed by atoms with Crippen LogP contribution in [0.5, 0.6) is 0 Å². The molecule has 0 radical (unpaired) electrons. The fourth-order valence-corrected chi connectivity index (χ4v) is 1.30. The minimum absolute atomic E-state index is 0.177. The molecule has 0 saturated heterocycles. The van der Waals surface area contributed by atoms with Gasteiger partial charge in [-0.1, -0.05) is 0 Å². The maximum Gasteiger partial charge on any atom is 0.252 e. The molecule has 7 nitrogen and oxygen atoms in total. The van der Waals surface area contributed by atoms with Gasteiger partial charge in [-0.05, 0) is 6.92 Å². The predicted octanol–water partition coefficient (Wildman–Crippen LogP) is -0.181. The molecule has 0 aliphatic rings. The van der Waals surface area contributed by atoms with E-state index in [2.05, 4.69) is 25.4 Å². The fourth-order valence-electron chi connectivity index (χ4n) is 1.30. The Balaban J connectivity index is 2.07. The molecule has 0 fully saturated rings. The molecule has 0 unspecified atom stereocenters. The molecule has 0 saturated carbocycles. The third kappa shape index (κ3) is 2.44. The van der Waals surface area contributed by atoms with Gasteiger partial charge in [-0.2, -0.15) is 5.10 Å². The van der Waals surface area contributed by atoms with E-state index in [1.54, 1.807) is 25.0 Å². The first-order valence-electron chi connectivity index (χ1n) is 4.80. The van der Waals surface area contributed by atoms with Gasteiger partial charge in [0.05, 0.1) is 6.54 Å². The van der Waals surface area contributed by atoms with E-state index in [0.29, 0.717) is 24.0 Å². The average molecular weight is 220 g/mol. The monoisotopic (exact) mass is 220 g/mol. The smallest absolute Gasteiger partial charge is 0.252 e. The van der Waals surface area contributed by atoms with Crippen LogP contribution in [0.2, 0.25) is 0 Å². The number of nitrogens with zero attached hydrogens (tertiary/aromatic N) is 4. The van der Waals surface area contributed by atoms with Crippen molar-refractivity contribution in [3.05, 3.63) is 34.4 Å². The second-order valence-corrected chi connectivity index (χ2v) is 3.40. The molecule has 2 aromatic rings. The molecular weight excluding hydrogens is 208 g/mol. The molecule has 84 valence electrons. The van der Waals surface area contributed by atoms with E-state index in [1.807, 2.05) is 0 Å². The summed E-state index contributed by atoms with van der Waals surface area (Å²) in [6, 6.07) is 1.40. The Kier molecular flexibility index (Phi) is 2.67. The summed E-state index contributed by atoms with van der Waals surface area (Å²) in [5.41, 5.74) is -0.177. The Morgan fingerprint density at radius 3 is 3.00 bits per heavy atom. The minimum Gasteiger partial charge on any atom is -0.362 e. The van der Waals surface area contributed by atoms with Gasteiger partial charge in [0.25, 0.3) is 5.56 Å². The second-order valence-electron chi connectivity index (χ2n) is 3.40. The van der Waals surface area contributed by atoms with Crippen molar-refractivity contribution in [3.8, 4) is 0 Å². The summed E-state index contributed by atoms with van der Waals surface area (Å²) in [5.74, 6) is 1.75. The molecule has 0 aliphatic carbocycles. The second kappa shape index (κ2) is 4.13. The fraction of sp³-hybridized carbons (Fsp3) is 0.333. The van der Waals surface area contributed by atoms with Crippen LogP contribution in [-0.4, -0.2) is 24.7 Å². The normalized spacial score (nSPS) is 10.4. The summed E-state index contributed by atoms with van der Waals surface area (Å²) < 4.78 is 1.62. The van der Waals surface area contributed by atoms with E-state index in [-0.39, 0.29) is 5.56 Å². The Bertz CT molecular complexity index is 543. The van der Waals surface area contributed by atoms with Crippen molar-refractivity contribution in [1.82, 2.24) is 24.7 Å². The highest BCUT2D eigenvalue weighted by molar-refractivity contribution is 5.32. The minimum atomic E-state index is -0.177. The topological polar surface area (TPSA) is 88.5 Å².